The van der Waals surface area contributed by atoms with Crippen molar-refractivity contribution in [3.05, 3.63) is 0 Å². The highest BCUT2D eigenvalue weighted by molar-refractivity contribution is 4.65. The fourth-order valence-electron chi connectivity index (χ4n) is 2.16. The predicted molar refractivity (Wildman–Crippen MR) is 55.2 cm³/mol. The Bertz CT molecular complexity index is 151. The second-order valence-electron chi connectivity index (χ2n) is 4.22. The minimum absolute atomic E-state index is 0.0892. The first-order valence-corrected chi connectivity index (χ1v) is 5.91. The fraction of sp³-hybridized carbons (Fsp3) is 1.00. The molecule has 0 aromatic heterocycles. The average molecular weight is 199 g/mol. The van der Waals surface area contributed by atoms with Crippen molar-refractivity contribution >= 4 is 0 Å². The number of ether oxygens (including phenoxy) is 2. The minimum Gasteiger partial charge on any atom is -0.353 e. The maximum atomic E-state index is 5.68. The lowest BCUT2D eigenvalue weighted by atomic mass is 10.2. The van der Waals surface area contributed by atoms with E-state index in [1.165, 1.54) is 38.8 Å². The van der Waals surface area contributed by atoms with Gasteiger partial charge in [0.25, 0.3) is 0 Å². The van der Waals surface area contributed by atoms with Gasteiger partial charge in [0.1, 0.15) is 0 Å². The third-order valence-electron chi connectivity index (χ3n) is 3.05. The van der Waals surface area contributed by atoms with E-state index in [4.69, 9.17) is 9.47 Å². The zero-order chi connectivity index (χ0) is 9.64. The Morgan fingerprint density at radius 2 is 2.00 bits per heavy atom. The van der Waals surface area contributed by atoms with Gasteiger partial charge in [-0.2, -0.15) is 0 Å². The van der Waals surface area contributed by atoms with Crippen molar-refractivity contribution in [2.24, 2.45) is 0 Å². The number of likely N-dealkylation sites (tertiary alicyclic amines) is 1. The maximum Gasteiger partial charge on any atom is 0.157 e. The van der Waals surface area contributed by atoms with Crippen LogP contribution in [0.15, 0.2) is 0 Å². The van der Waals surface area contributed by atoms with Crippen LogP contribution in [0, 0.1) is 0 Å². The summed E-state index contributed by atoms with van der Waals surface area (Å²) in [5, 5.41) is 0. The smallest absolute Gasteiger partial charge is 0.157 e. The van der Waals surface area contributed by atoms with Crippen LogP contribution < -0.4 is 0 Å². The fourth-order valence-corrected chi connectivity index (χ4v) is 2.16. The van der Waals surface area contributed by atoms with Crippen molar-refractivity contribution in [1.29, 1.82) is 0 Å². The number of hydrogen-bond donors (Lipinski definition) is 0. The zero-order valence-electron chi connectivity index (χ0n) is 8.91. The first kappa shape index (κ1) is 10.4. The van der Waals surface area contributed by atoms with Crippen molar-refractivity contribution in [3.8, 4) is 0 Å². The molecule has 82 valence electrons. The zero-order valence-corrected chi connectivity index (χ0v) is 8.91. The molecule has 0 saturated carbocycles. The minimum atomic E-state index is 0.0892. The second kappa shape index (κ2) is 5.69. The first-order chi connectivity index (χ1) is 6.95. The lowest BCUT2D eigenvalue weighted by molar-refractivity contribution is -0.163. The first-order valence-electron chi connectivity index (χ1n) is 5.91. The molecule has 3 nitrogen and oxygen atoms in total. The summed E-state index contributed by atoms with van der Waals surface area (Å²) in [5.74, 6) is 0. The standard InChI is InChI=1S/C11H21NO2/c1-4-9-13-11(5-1)14-10-8-12-6-2-3-7-12/h11H,1-10H2. The third kappa shape index (κ3) is 3.23. The molecular formula is C11H21NO2. The van der Waals surface area contributed by atoms with Crippen molar-refractivity contribution in [2.75, 3.05) is 32.8 Å². The third-order valence-corrected chi connectivity index (χ3v) is 3.05. The van der Waals surface area contributed by atoms with Crippen LogP contribution in [0.1, 0.15) is 32.1 Å². The van der Waals surface area contributed by atoms with E-state index in [0.717, 1.165) is 26.2 Å². The van der Waals surface area contributed by atoms with E-state index in [2.05, 4.69) is 4.90 Å². The van der Waals surface area contributed by atoms with E-state index in [0.29, 0.717) is 0 Å². The topological polar surface area (TPSA) is 21.7 Å². The van der Waals surface area contributed by atoms with Gasteiger partial charge in [0.15, 0.2) is 6.29 Å². The van der Waals surface area contributed by atoms with Crippen LogP contribution in [0.5, 0.6) is 0 Å². The van der Waals surface area contributed by atoms with Gasteiger partial charge in [-0.25, -0.2) is 0 Å². The summed E-state index contributed by atoms with van der Waals surface area (Å²) in [6, 6.07) is 0. The van der Waals surface area contributed by atoms with E-state index in [1.54, 1.807) is 0 Å². The van der Waals surface area contributed by atoms with Crippen molar-refractivity contribution < 1.29 is 9.47 Å². The molecular weight excluding hydrogens is 178 g/mol. The van der Waals surface area contributed by atoms with Crippen molar-refractivity contribution in [1.82, 2.24) is 4.90 Å². The summed E-state index contributed by atoms with van der Waals surface area (Å²) in [4.78, 5) is 2.48. The number of rotatable bonds is 4. The molecule has 0 amide bonds. The van der Waals surface area contributed by atoms with Gasteiger partial charge in [0.2, 0.25) is 0 Å². The molecule has 0 N–H and O–H groups in total. The van der Waals surface area contributed by atoms with Crippen LogP contribution in [0.3, 0.4) is 0 Å². The summed E-state index contributed by atoms with van der Waals surface area (Å²) in [6.07, 6.45) is 6.35. The summed E-state index contributed by atoms with van der Waals surface area (Å²) < 4.78 is 11.2. The molecule has 2 saturated heterocycles. The summed E-state index contributed by atoms with van der Waals surface area (Å²) >= 11 is 0. The Morgan fingerprint density at radius 3 is 2.71 bits per heavy atom. The molecule has 0 aliphatic carbocycles. The molecule has 2 aliphatic rings. The van der Waals surface area contributed by atoms with E-state index < -0.39 is 0 Å². The monoisotopic (exact) mass is 199 g/mol. The van der Waals surface area contributed by atoms with Crippen LogP contribution in [0.25, 0.3) is 0 Å². The highest BCUT2D eigenvalue weighted by atomic mass is 16.7. The number of nitrogens with zero attached hydrogens (tertiary/aromatic N) is 1. The van der Waals surface area contributed by atoms with Gasteiger partial charge in [-0.05, 0) is 45.2 Å². The Labute approximate surface area is 86.4 Å². The molecule has 14 heavy (non-hydrogen) atoms. The molecule has 0 aromatic rings. The van der Waals surface area contributed by atoms with Crippen LogP contribution in [0.2, 0.25) is 0 Å². The molecule has 1 atom stereocenters. The largest absolute Gasteiger partial charge is 0.353 e. The molecule has 0 radical (unpaired) electrons. The van der Waals surface area contributed by atoms with Gasteiger partial charge in [-0.1, -0.05) is 0 Å². The van der Waals surface area contributed by atoms with Crippen molar-refractivity contribution in [3.63, 3.8) is 0 Å². The molecule has 2 aliphatic heterocycles. The molecule has 2 rings (SSSR count). The summed E-state index contributed by atoms with van der Waals surface area (Å²) in [7, 11) is 0. The van der Waals surface area contributed by atoms with E-state index in [-0.39, 0.29) is 6.29 Å². The van der Waals surface area contributed by atoms with Gasteiger partial charge in [-0.3, -0.25) is 0 Å². The second-order valence-corrected chi connectivity index (χ2v) is 4.22. The lowest BCUT2D eigenvalue weighted by Crippen LogP contribution is -2.28. The summed E-state index contributed by atoms with van der Waals surface area (Å²) in [6.45, 7) is 5.32. The Morgan fingerprint density at radius 1 is 1.14 bits per heavy atom. The van der Waals surface area contributed by atoms with E-state index >= 15 is 0 Å². The van der Waals surface area contributed by atoms with Crippen LogP contribution in [-0.2, 0) is 9.47 Å². The molecule has 0 spiro atoms. The van der Waals surface area contributed by atoms with Crippen LogP contribution in [-0.4, -0.2) is 44.0 Å². The van der Waals surface area contributed by atoms with Gasteiger partial charge >= 0.3 is 0 Å². The molecule has 2 heterocycles. The maximum absolute atomic E-state index is 5.68. The van der Waals surface area contributed by atoms with Crippen molar-refractivity contribution in [2.45, 2.75) is 38.4 Å². The quantitative estimate of drug-likeness (QED) is 0.687. The molecule has 0 bridgehead atoms. The summed E-state index contributed by atoms with van der Waals surface area (Å²) in [5.41, 5.74) is 0. The molecule has 1 unspecified atom stereocenters. The van der Waals surface area contributed by atoms with Gasteiger partial charge in [0.05, 0.1) is 6.61 Å². The van der Waals surface area contributed by atoms with Gasteiger partial charge in [0, 0.05) is 13.2 Å². The Kier molecular flexibility index (Phi) is 4.22. The normalized spacial score (nSPS) is 29.6. The molecule has 0 aromatic carbocycles. The van der Waals surface area contributed by atoms with E-state index in [1.807, 2.05) is 0 Å². The predicted octanol–water partition coefficient (Wildman–Crippen LogP) is 1.63. The highest BCUT2D eigenvalue weighted by Crippen LogP contribution is 2.14. The average Bonchev–Trinajstić information content (AvgIpc) is 2.72. The lowest BCUT2D eigenvalue weighted by Gasteiger charge is -2.24. The molecule has 3 heteroatoms. The molecule has 2 fully saturated rings. The van der Waals surface area contributed by atoms with Crippen LogP contribution >= 0.6 is 0 Å². The highest BCUT2D eigenvalue weighted by Gasteiger charge is 2.15. The SMILES string of the molecule is C1CCC(OCCN2CCCC2)OC1. The number of hydrogen-bond acceptors (Lipinski definition) is 3. The van der Waals surface area contributed by atoms with E-state index in [9.17, 15) is 0 Å². The Hall–Kier alpha value is -0.120. The van der Waals surface area contributed by atoms with Gasteiger partial charge < -0.3 is 14.4 Å². The van der Waals surface area contributed by atoms with Gasteiger partial charge in [-0.15, -0.1) is 0 Å². The Balaban J connectivity index is 1.52. The van der Waals surface area contributed by atoms with Crippen LogP contribution in [0.4, 0.5) is 0 Å².